The lowest BCUT2D eigenvalue weighted by Gasteiger charge is -2.22. The molecule has 158 valence electrons. The van der Waals surface area contributed by atoms with Gasteiger partial charge in [0.1, 0.15) is 5.78 Å². The number of ketones is 1. The number of hydrogen-bond donors (Lipinski definition) is 1. The van der Waals surface area contributed by atoms with Crippen molar-refractivity contribution >= 4 is 11.8 Å². The molecule has 0 saturated heterocycles. The number of nitrogens with two attached hydrogens (primary N) is 1. The minimum absolute atomic E-state index is 0.0565. The standard InChI is InChI=1S/C10H20O2.C9H18O.C3H9N/c1-9(2,3)7-12-8(11)10(4,5)6;1-7(2)6-8(10)9(3,4)5;1-3(2)4/h7H2,1-6H3;7H,6H2,1-5H3;3H,4H2,1-2H3. The zero-order valence-corrected chi connectivity index (χ0v) is 19.9. The van der Waals surface area contributed by atoms with Crippen molar-refractivity contribution in [2.45, 2.75) is 102 Å². The summed E-state index contributed by atoms with van der Waals surface area (Å²) in [7, 11) is 0. The smallest absolute Gasteiger partial charge is 0.311 e. The van der Waals surface area contributed by atoms with Crippen LogP contribution < -0.4 is 5.73 Å². The van der Waals surface area contributed by atoms with Gasteiger partial charge in [-0.15, -0.1) is 0 Å². The van der Waals surface area contributed by atoms with Gasteiger partial charge in [-0.25, -0.2) is 0 Å². The lowest BCUT2D eigenvalue weighted by atomic mass is 9.86. The maximum Gasteiger partial charge on any atom is 0.311 e. The molecule has 0 amide bonds. The molecular weight excluding hydrogens is 326 g/mol. The molecule has 0 unspecified atom stereocenters. The molecule has 0 aromatic rings. The summed E-state index contributed by atoms with van der Waals surface area (Å²) in [5.74, 6) is 0.728. The van der Waals surface area contributed by atoms with Gasteiger partial charge in [-0.2, -0.15) is 0 Å². The van der Waals surface area contributed by atoms with Crippen molar-refractivity contribution in [1.82, 2.24) is 0 Å². The second-order valence-corrected chi connectivity index (χ2v) is 10.9. The molecule has 0 spiro atoms. The molecule has 0 saturated carbocycles. The van der Waals surface area contributed by atoms with Gasteiger partial charge in [-0.1, -0.05) is 69.2 Å². The molecule has 0 aliphatic rings. The summed E-state index contributed by atoms with van der Waals surface area (Å²) in [4.78, 5) is 22.6. The first-order chi connectivity index (χ1) is 11.2. The molecule has 0 aliphatic carbocycles. The first-order valence-corrected chi connectivity index (χ1v) is 9.66. The van der Waals surface area contributed by atoms with Gasteiger partial charge in [0.2, 0.25) is 0 Å². The Hall–Kier alpha value is -0.900. The van der Waals surface area contributed by atoms with Crippen LogP contribution in [-0.4, -0.2) is 24.4 Å². The first-order valence-electron chi connectivity index (χ1n) is 9.66. The van der Waals surface area contributed by atoms with E-state index >= 15 is 0 Å². The fourth-order valence-corrected chi connectivity index (χ4v) is 1.18. The van der Waals surface area contributed by atoms with E-state index in [0.717, 1.165) is 0 Å². The number of rotatable bonds is 3. The van der Waals surface area contributed by atoms with Crippen LogP contribution >= 0.6 is 0 Å². The Balaban J connectivity index is -0.000000341. The monoisotopic (exact) mass is 373 g/mol. The van der Waals surface area contributed by atoms with Gasteiger partial charge in [-0.3, -0.25) is 9.59 Å². The van der Waals surface area contributed by atoms with Crippen LogP contribution in [0.2, 0.25) is 0 Å². The van der Waals surface area contributed by atoms with Crippen molar-refractivity contribution in [1.29, 1.82) is 0 Å². The molecule has 0 rings (SSSR count). The average Bonchev–Trinajstić information content (AvgIpc) is 2.31. The second-order valence-electron chi connectivity index (χ2n) is 10.9. The minimum Gasteiger partial charge on any atom is -0.465 e. The van der Waals surface area contributed by atoms with Crippen LogP contribution in [0.1, 0.15) is 96.4 Å². The topological polar surface area (TPSA) is 69.4 Å². The summed E-state index contributed by atoms with van der Waals surface area (Å²) in [6.07, 6.45) is 0.712. The van der Waals surface area contributed by atoms with Crippen LogP contribution in [0.4, 0.5) is 0 Å². The Labute approximate surface area is 163 Å². The molecule has 2 N–H and O–H groups in total. The number of carbonyl (C=O) groups excluding carboxylic acids is 2. The van der Waals surface area contributed by atoms with Crippen molar-refractivity contribution < 1.29 is 14.3 Å². The Morgan fingerprint density at radius 2 is 1.15 bits per heavy atom. The summed E-state index contributed by atoms with van der Waals surface area (Å²) in [6.45, 7) is 26.1. The molecule has 0 aromatic heterocycles. The largest absolute Gasteiger partial charge is 0.465 e. The van der Waals surface area contributed by atoms with Gasteiger partial charge in [0.25, 0.3) is 0 Å². The van der Waals surface area contributed by atoms with Crippen molar-refractivity contribution in [3.63, 3.8) is 0 Å². The van der Waals surface area contributed by atoms with E-state index in [1.54, 1.807) is 0 Å². The van der Waals surface area contributed by atoms with Gasteiger partial charge in [0.15, 0.2) is 0 Å². The third-order valence-corrected chi connectivity index (χ3v) is 2.68. The second kappa shape index (κ2) is 12.5. The molecule has 0 bridgehead atoms. The predicted octanol–water partition coefficient (Wildman–Crippen LogP) is 5.62. The van der Waals surface area contributed by atoms with Crippen molar-refractivity contribution in [3.8, 4) is 0 Å². The molecule has 0 heterocycles. The SMILES string of the molecule is CC(C)(C)COC(=O)C(C)(C)C.CC(C)CC(=O)C(C)(C)C.CC(C)N. The van der Waals surface area contributed by atoms with E-state index in [4.69, 9.17) is 10.5 Å². The van der Waals surface area contributed by atoms with E-state index in [0.29, 0.717) is 30.8 Å². The normalized spacial score (nSPS) is 12.0. The molecule has 0 fully saturated rings. The van der Waals surface area contributed by atoms with E-state index in [2.05, 4.69) is 13.8 Å². The molecule has 0 aromatic carbocycles. The molecule has 0 atom stereocenters. The van der Waals surface area contributed by atoms with Crippen LogP contribution in [0.25, 0.3) is 0 Å². The predicted molar refractivity (Wildman–Crippen MR) is 113 cm³/mol. The van der Waals surface area contributed by atoms with Crippen LogP contribution in [0.5, 0.6) is 0 Å². The summed E-state index contributed by atoms with van der Waals surface area (Å²) < 4.78 is 5.13. The highest BCUT2D eigenvalue weighted by molar-refractivity contribution is 5.83. The average molecular weight is 374 g/mol. The third-order valence-electron chi connectivity index (χ3n) is 2.68. The van der Waals surface area contributed by atoms with Gasteiger partial charge < -0.3 is 10.5 Å². The summed E-state index contributed by atoms with van der Waals surface area (Å²) in [6, 6.07) is 0.333. The van der Waals surface area contributed by atoms with Gasteiger partial charge >= 0.3 is 5.97 Å². The number of Topliss-reactive ketones (excluding diaryl/α,β-unsaturated/α-hetero) is 1. The van der Waals surface area contributed by atoms with Gasteiger partial charge in [0.05, 0.1) is 12.0 Å². The fourth-order valence-electron chi connectivity index (χ4n) is 1.18. The molecule has 26 heavy (non-hydrogen) atoms. The van der Waals surface area contributed by atoms with E-state index in [9.17, 15) is 9.59 Å². The lowest BCUT2D eigenvalue weighted by molar-refractivity contribution is -0.155. The molecule has 0 aliphatic heterocycles. The maximum absolute atomic E-state index is 11.3. The first kappa shape index (κ1) is 29.8. The molecular formula is C22H47NO3. The van der Waals surface area contributed by atoms with Crippen LogP contribution in [-0.2, 0) is 14.3 Å². The molecule has 4 nitrogen and oxygen atoms in total. The Morgan fingerprint density at radius 3 is 1.31 bits per heavy atom. The van der Waals surface area contributed by atoms with Crippen molar-refractivity contribution in [2.24, 2.45) is 27.9 Å². The van der Waals surface area contributed by atoms with E-state index in [1.807, 2.05) is 76.2 Å². The highest BCUT2D eigenvalue weighted by Crippen LogP contribution is 2.20. The number of hydrogen-bond acceptors (Lipinski definition) is 4. The number of esters is 1. The Kier molecular flexibility index (Phi) is 14.3. The minimum atomic E-state index is -0.384. The quantitative estimate of drug-likeness (QED) is 0.651. The third kappa shape index (κ3) is 25.3. The Morgan fingerprint density at radius 1 is 0.808 bits per heavy atom. The lowest BCUT2D eigenvalue weighted by Crippen LogP contribution is -2.27. The summed E-state index contributed by atoms with van der Waals surface area (Å²) in [5.41, 5.74) is 4.64. The van der Waals surface area contributed by atoms with Crippen molar-refractivity contribution in [2.75, 3.05) is 6.61 Å². The highest BCUT2D eigenvalue weighted by Gasteiger charge is 2.24. The van der Waals surface area contributed by atoms with Crippen LogP contribution in [0.15, 0.2) is 0 Å². The van der Waals surface area contributed by atoms with Gasteiger partial charge in [0, 0.05) is 11.8 Å². The molecule has 0 radical (unpaired) electrons. The van der Waals surface area contributed by atoms with Crippen LogP contribution in [0.3, 0.4) is 0 Å². The zero-order chi connectivity index (χ0) is 21.9. The number of ether oxygens (including phenoxy) is 1. The van der Waals surface area contributed by atoms with Crippen molar-refractivity contribution in [3.05, 3.63) is 0 Å². The van der Waals surface area contributed by atoms with Crippen LogP contribution in [0, 0.1) is 22.2 Å². The zero-order valence-electron chi connectivity index (χ0n) is 19.9. The summed E-state index contributed by atoms with van der Waals surface area (Å²) in [5, 5.41) is 0. The van der Waals surface area contributed by atoms with Gasteiger partial charge in [-0.05, 0) is 38.1 Å². The van der Waals surface area contributed by atoms with E-state index in [-0.39, 0.29) is 22.2 Å². The highest BCUT2D eigenvalue weighted by atomic mass is 16.5. The number of carbonyl (C=O) groups is 2. The maximum atomic E-state index is 11.3. The van der Waals surface area contributed by atoms with E-state index in [1.165, 1.54) is 0 Å². The van der Waals surface area contributed by atoms with E-state index < -0.39 is 0 Å². The Bertz CT molecular complexity index is 388. The fraction of sp³-hybridized carbons (Fsp3) is 0.909. The summed E-state index contributed by atoms with van der Waals surface area (Å²) >= 11 is 0. The molecule has 4 heteroatoms.